The van der Waals surface area contributed by atoms with Crippen molar-refractivity contribution in [3.05, 3.63) is 48.0 Å². The Balaban J connectivity index is 1.98. The van der Waals surface area contributed by atoms with Crippen molar-refractivity contribution in [3.8, 4) is 0 Å². The molecule has 0 spiro atoms. The Morgan fingerprint density at radius 1 is 1.15 bits per heavy atom. The summed E-state index contributed by atoms with van der Waals surface area (Å²) in [6.45, 7) is 4.36. The van der Waals surface area contributed by atoms with Crippen molar-refractivity contribution in [2.24, 2.45) is 0 Å². The molecule has 0 saturated heterocycles. The van der Waals surface area contributed by atoms with Crippen molar-refractivity contribution >= 4 is 16.7 Å². The maximum Gasteiger partial charge on any atom is 0.223 e. The lowest BCUT2D eigenvalue weighted by molar-refractivity contribution is -0.130. The van der Waals surface area contributed by atoms with E-state index in [0.29, 0.717) is 13.0 Å². The Hall–Kier alpha value is -1.87. The van der Waals surface area contributed by atoms with E-state index in [-0.39, 0.29) is 5.91 Å². The molecule has 3 nitrogen and oxygen atoms in total. The van der Waals surface area contributed by atoms with Crippen LogP contribution in [0.3, 0.4) is 0 Å². The zero-order chi connectivity index (χ0) is 14.4. The van der Waals surface area contributed by atoms with Crippen molar-refractivity contribution in [2.75, 3.05) is 20.1 Å². The summed E-state index contributed by atoms with van der Waals surface area (Å²) in [6.07, 6.45) is 0.553. The third-order valence-corrected chi connectivity index (χ3v) is 3.43. The van der Waals surface area contributed by atoms with E-state index >= 15 is 0 Å². The van der Waals surface area contributed by atoms with Gasteiger partial charge in [-0.25, -0.2) is 0 Å². The van der Waals surface area contributed by atoms with E-state index in [1.165, 1.54) is 16.3 Å². The van der Waals surface area contributed by atoms with Gasteiger partial charge in [-0.3, -0.25) is 4.79 Å². The van der Waals surface area contributed by atoms with Gasteiger partial charge in [-0.15, -0.1) is 0 Å². The molecule has 0 atom stereocenters. The van der Waals surface area contributed by atoms with Crippen molar-refractivity contribution < 1.29 is 4.79 Å². The smallest absolute Gasteiger partial charge is 0.223 e. The average molecular weight is 270 g/mol. The zero-order valence-electron chi connectivity index (χ0n) is 12.2. The summed E-state index contributed by atoms with van der Waals surface area (Å²) >= 11 is 0. The van der Waals surface area contributed by atoms with Gasteiger partial charge in [0.15, 0.2) is 0 Å². The molecule has 20 heavy (non-hydrogen) atoms. The van der Waals surface area contributed by atoms with Gasteiger partial charge in [0.2, 0.25) is 5.91 Å². The Morgan fingerprint density at radius 2 is 1.90 bits per heavy atom. The van der Waals surface area contributed by atoms with Gasteiger partial charge in [-0.1, -0.05) is 43.3 Å². The minimum atomic E-state index is 0.180. The number of rotatable bonds is 6. The van der Waals surface area contributed by atoms with Crippen molar-refractivity contribution in [3.63, 3.8) is 0 Å². The maximum absolute atomic E-state index is 12.0. The number of nitrogens with zero attached hydrogens (tertiary/aromatic N) is 1. The molecule has 3 heteroatoms. The number of benzene rings is 2. The van der Waals surface area contributed by atoms with Crippen LogP contribution in [0.4, 0.5) is 0 Å². The highest BCUT2D eigenvalue weighted by Crippen LogP contribution is 2.16. The van der Waals surface area contributed by atoms with Gasteiger partial charge >= 0.3 is 0 Å². The van der Waals surface area contributed by atoms with Crippen LogP contribution in [0.25, 0.3) is 10.8 Å². The molecule has 1 amide bonds. The van der Waals surface area contributed by atoms with Gasteiger partial charge in [0, 0.05) is 26.6 Å². The van der Waals surface area contributed by atoms with E-state index in [2.05, 4.69) is 35.6 Å². The highest BCUT2D eigenvalue weighted by molar-refractivity contribution is 5.83. The quantitative estimate of drug-likeness (QED) is 0.819. The van der Waals surface area contributed by atoms with Crippen LogP contribution in [-0.4, -0.2) is 30.9 Å². The SMILES string of the molecule is CCNCCC(=O)N(C)Cc1ccc2ccccc2c1. The first-order valence-electron chi connectivity index (χ1n) is 7.13. The molecule has 0 aliphatic carbocycles. The van der Waals surface area contributed by atoms with E-state index in [1.54, 1.807) is 4.90 Å². The van der Waals surface area contributed by atoms with Crippen LogP contribution in [0.5, 0.6) is 0 Å². The number of fused-ring (bicyclic) bond motifs is 1. The second kappa shape index (κ2) is 7.06. The van der Waals surface area contributed by atoms with Crippen LogP contribution in [0.1, 0.15) is 18.9 Å². The number of amides is 1. The normalized spacial score (nSPS) is 10.7. The number of hydrogen-bond donors (Lipinski definition) is 1. The van der Waals surface area contributed by atoms with E-state index in [0.717, 1.165) is 13.1 Å². The first-order valence-corrected chi connectivity index (χ1v) is 7.13. The summed E-state index contributed by atoms with van der Waals surface area (Å²) in [6, 6.07) is 14.6. The first-order chi connectivity index (χ1) is 9.70. The van der Waals surface area contributed by atoms with Gasteiger partial charge in [0.1, 0.15) is 0 Å². The molecule has 0 radical (unpaired) electrons. The molecule has 2 aromatic carbocycles. The summed E-state index contributed by atoms with van der Waals surface area (Å²) in [5.74, 6) is 0.180. The molecule has 0 bridgehead atoms. The second-order valence-corrected chi connectivity index (χ2v) is 5.03. The third kappa shape index (κ3) is 3.81. The lowest BCUT2D eigenvalue weighted by Crippen LogP contribution is -2.29. The fourth-order valence-electron chi connectivity index (χ4n) is 2.26. The van der Waals surface area contributed by atoms with Crippen LogP contribution in [0.2, 0.25) is 0 Å². The zero-order valence-corrected chi connectivity index (χ0v) is 12.2. The van der Waals surface area contributed by atoms with E-state index in [4.69, 9.17) is 0 Å². The van der Waals surface area contributed by atoms with Crippen LogP contribution >= 0.6 is 0 Å². The molecular weight excluding hydrogens is 248 g/mol. The van der Waals surface area contributed by atoms with E-state index < -0.39 is 0 Å². The fourth-order valence-corrected chi connectivity index (χ4v) is 2.26. The minimum absolute atomic E-state index is 0.180. The molecule has 0 fully saturated rings. The lowest BCUT2D eigenvalue weighted by atomic mass is 10.1. The summed E-state index contributed by atoms with van der Waals surface area (Å²) < 4.78 is 0. The summed E-state index contributed by atoms with van der Waals surface area (Å²) in [5, 5.41) is 5.63. The molecule has 106 valence electrons. The van der Waals surface area contributed by atoms with Gasteiger partial charge in [0.25, 0.3) is 0 Å². The number of nitrogens with one attached hydrogen (secondary N) is 1. The molecule has 0 aliphatic rings. The monoisotopic (exact) mass is 270 g/mol. The topological polar surface area (TPSA) is 32.3 Å². The first kappa shape index (κ1) is 14.5. The average Bonchev–Trinajstić information content (AvgIpc) is 2.47. The van der Waals surface area contributed by atoms with Crippen LogP contribution in [0.15, 0.2) is 42.5 Å². The lowest BCUT2D eigenvalue weighted by Gasteiger charge is -2.17. The van der Waals surface area contributed by atoms with Gasteiger partial charge in [0.05, 0.1) is 0 Å². The molecule has 2 aromatic rings. The predicted molar refractivity (Wildman–Crippen MR) is 83.6 cm³/mol. The molecule has 0 saturated carbocycles. The van der Waals surface area contributed by atoms with Crippen molar-refractivity contribution in [2.45, 2.75) is 19.9 Å². The highest BCUT2D eigenvalue weighted by atomic mass is 16.2. The van der Waals surface area contributed by atoms with Crippen molar-refractivity contribution in [1.29, 1.82) is 0 Å². The van der Waals surface area contributed by atoms with Crippen LogP contribution in [-0.2, 0) is 11.3 Å². The number of carbonyl (C=O) groups is 1. The molecule has 0 heterocycles. The Morgan fingerprint density at radius 3 is 2.65 bits per heavy atom. The molecule has 0 unspecified atom stereocenters. The fraction of sp³-hybridized carbons (Fsp3) is 0.353. The Labute approximate surface area is 120 Å². The standard InChI is InChI=1S/C17H22N2O/c1-3-18-11-10-17(20)19(2)13-14-8-9-15-6-4-5-7-16(15)12-14/h4-9,12,18H,3,10-11,13H2,1-2H3. The van der Waals surface area contributed by atoms with Gasteiger partial charge < -0.3 is 10.2 Å². The predicted octanol–water partition coefficient (Wildman–Crippen LogP) is 2.80. The van der Waals surface area contributed by atoms with E-state index in [1.807, 2.05) is 26.1 Å². The highest BCUT2D eigenvalue weighted by Gasteiger charge is 2.08. The van der Waals surface area contributed by atoms with E-state index in [9.17, 15) is 4.79 Å². The minimum Gasteiger partial charge on any atom is -0.341 e. The molecule has 0 aliphatic heterocycles. The maximum atomic E-state index is 12.0. The Bertz CT molecular complexity index is 580. The largest absolute Gasteiger partial charge is 0.341 e. The van der Waals surface area contributed by atoms with Crippen LogP contribution < -0.4 is 5.32 Å². The molecule has 0 aromatic heterocycles. The molecular formula is C17H22N2O. The van der Waals surface area contributed by atoms with Crippen molar-refractivity contribution in [1.82, 2.24) is 10.2 Å². The Kier molecular flexibility index (Phi) is 5.13. The summed E-state index contributed by atoms with van der Waals surface area (Å²) in [5.41, 5.74) is 1.17. The molecule has 1 N–H and O–H groups in total. The van der Waals surface area contributed by atoms with Crippen LogP contribution in [0, 0.1) is 0 Å². The summed E-state index contributed by atoms with van der Waals surface area (Å²) in [7, 11) is 1.86. The molecule has 2 rings (SSSR count). The second-order valence-electron chi connectivity index (χ2n) is 5.03. The van der Waals surface area contributed by atoms with Gasteiger partial charge in [-0.05, 0) is 28.9 Å². The summed E-state index contributed by atoms with van der Waals surface area (Å²) in [4.78, 5) is 13.8. The third-order valence-electron chi connectivity index (χ3n) is 3.43. The van der Waals surface area contributed by atoms with Gasteiger partial charge in [-0.2, -0.15) is 0 Å². The number of hydrogen-bond acceptors (Lipinski definition) is 2. The number of carbonyl (C=O) groups excluding carboxylic acids is 1.